The van der Waals surface area contributed by atoms with E-state index in [2.05, 4.69) is 0 Å². The van der Waals surface area contributed by atoms with Gasteiger partial charge in [-0.3, -0.25) is 25.0 Å². The van der Waals surface area contributed by atoms with E-state index in [1.54, 1.807) is 9.80 Å². The SMILES string of the molecule is O=C(COc1ccc(F)cc1)N1CCN(c2ccc([N+](=O)[O-])cc2[N+](=O)[O-])CC1. The molecule has 0 saturated carbocycles. The van der Waals surface area contributed by atoms with Crippen LogP contribution in [0.5, 0.6) is 5.75 Å². The standard InChI is InChI=1S/C18H17FN4O6/c19-13-1-4-15(5-2-13)29-12-18(24)21-9-7-20(8-10-21)16-6-3-14(22(25)26)11-17(16)23(27)28/h1-6,11H,7-10,12H2. The van der Waals surface area contributed by atoms with Crippen LogP contribution >= 0.6 is 0 Å². The molecule has 0 atom stereocenters. The van der Waals surface area contributed by atoms with Crippen molar-refractivity contribution < 1.29 is 23.8 Å². The van der Waals surface area contributed by atoms with Crippen molar-refractivity contribution in [2.45, 2.75) is 0 Å². The van der Waals surface area contributed by atoms with E-state index in [1.165, 1.54) is 36.4 Å². The first-order valence-corrected chi connectivity index (χ1v) is 8.69. The molecule has 2 aromatic rings. The Labute approximate surface area is 164 Å². The van der Waals surface area contributed by atoms with E-state index in [1.807, 2.05) is 0 Å². The average molecular weight is 404 g/mol. The molecule has 1 heterocycles. The van der Waals surface area contributed by atoms with Crippen LogP contribution in [-0.4, -0.2) is 53.4 Å². The smallest absolute Gasteiger partial charge is 0.299 e. The molecule has 3 rings (SSSR count). The topological polar surface area (TPSA) is 119 Å². The number of halogens is 1. The average Bonchev–Trinajstić information content (AvgIpc) is 2.72. The van der Waals surface area contributed by atoms with Crippen molar-refractivity contribution in [3.05, 3.63) is 68.5 Å². The van der Waals surface area contributed by atoms with Gasteiger partial charge in [-0.2, -0.15) is 0 Å². The van der Waals surface area contributed by atoms with E-state index in [0.29, 0.717) is 31.9 Å². The van der Waals surface area contributed by atoms with Crippen molar-refractivity contribution in [3.8, 4) is 5.75 Å². The van der Waals surface area contributed by atoms with Crippen molar-refractivity contribution in [1.82, 2.24) is 4.90 Å². The zero-order chi connectivity index (χ0) is 21.0. The Kier molecular flexibility index (Phi) is 5.86. The highest BCUT2D eigenvalue weighted by atomic mass is 19.1. The first-order chi connectivity index (χ1) is 13.8. The predicted molar refractivity (Wildman–Crippen MR) is 100 cm³/mol. The maximum absolute atomic E-state index is 12.9. The maximum atomic E-state index is 12.9. The summed E-state index contributed by atoms with van der Waals surface area (Å²) in [6, 6.07) is 8.82. The summed E-state index contributed by atoms with van der Waals surface area (Å²) in [4.78, 5) is 36.4. The van der Waals surface area contributed by atoms with E-state index in [-0.39, 0.29) is 29.6 Å². The Morgan fingerprint density at radius 1 is 1.00 bits per heavy atom. The van der Waals surface area contributed by atoms with E-state index >= 15 is 0 Å². The van der Waals surface area contributed by atoms with Gasteiger partial charge in [0.25, 0.3) is 17.3 Å². The van der Waals surface area contributed by atoms with Crippen LogP contribution in [0, 0.1) is 26.0 Å². The van der Waals surface area contributed by atoms with Crippen molar-refractivity contribution in [2.75, 3.05) is 37.7 Å². The lowest BCUT2D eigenvalue weighted by Crippen LogP contribution is -2.50. The minimum atomic E-state index is -0.686. The Balaban J connectivity index is 1.60. The highest BCUT2D eigenvalue weighted by Gasteiger charge is 2.27. The molecule has 0 N–H and O–H groups in total. The van der Waals surface area contributed by atoms with E-state index < -0.39 is 15.7 Å². The number of non-ortho nitro benzene ring substituents is 1. The Morgan fingerprint density at radius 2 is 1.66 bits per heavy atom. The Bertz CT molecular complexity index is 928. The first kappa shape index (κ1) is 20.0. The summed E-state index contributed by atoms with van der Waals surface area (Å²) in [6.07, 6.45) is 0. The van der Waals surface area contributed by atoms with Gasteiger partial charge < -0.3 is 14.5 Å². The largest absolute Gasteiger partial charge is 0.484 e. The monoisotopic (exact) mass is 404 g/mol. The number of carbonyl (C=O) groups is 1. The molecule has 1 aliphatic rings. The number of hydrogen-bond acceptors (Lipinski definition) is 7. The lowest BCUT2D eigenvalue weighted by molar-refractivity contribution is -0.393. The number of rotatable bonds is 6. The van der Waals surface area contributed by atoms with E-state index in [9.17, 15) is 29.4 Å². The number of amides is 1. The third-order valence-corrected chi connectivity index (χ3v) is 4.52. The molecular weight excluding hydrogens is 387 g/mol. The first-order valence-electron chi connectivity index (χ1n) is 8.69. The summed E-state index contributed by atoms with van der Waals surface area (Å²) in [5.41, 5.74) is -0.430. The molecule has 0 unspecified atom stereocenters. The lowest BCUT2D eigenvalue weighted by atomic mass is 10.2. The zero-order valence-corrected chi connectivity index (χ0v) is 15.2. The number of carbonyl (C=O) groups excluding carboxylic acids is 1. The lowest BCUT2D eigenvalue weighted by Gasteiger charge is -2.35. The molecular formula is C18H17FN4O6. The van der Waals surface area contributed by atoms with Gasteiger partial charge in [-0.05, 0) is 30.3 Å². The van der Waals surface area contributed by atoms with E-state index in [0.717, 1.165) is 6.07 Å². The van der Waals surface area contributed by atoms with Crippen LogP contribution in [0.3, 0.4) is 0 Å². The Hall–Kier alpha value is -3.76. The number of hydrogen-bond donors (Lipinski definition) is 0. The number of nitro groups is 2. The molecule has 0 spiro atoms. The molecule has 10 nitrogen and oxygen atoms in total. The quantitative estimate of drug-likeness (QED) is 0.535. The van der Waals surface area contributed by atoms with Gasteiger partial charge in [0, 0.05) is 32.2 Å². The second kappa shape index (κ2) is 8.50. The van der Waals surface area contributed by atoms with Crippen molar-refractivity contribution in [1.29, 1.82) is 0 Å². The highest BCUT2D eigenvalue weighted by molar-refractivity contribution is 5.78. The third kappa shape index (κ3) is 4.75. The van der Waals surface area contributed by atoms with E-state index in [4.69, 9.17) is 4.74 Å². The van der Waals surface area contributed by atoms with Crippen LogP contribution in [0.15, 0.2) is 42.5 Å². The van der Waals surface area contributed by atoms with Crippen LogP contribution in [-0.2, 0) is 4.79 Å². The molecule has 1 saturated heterocycles. The van der Waals surface area contributed by atoms with Gasteiger partial charge in [-0.15, -0.1) is 0 Å². The summed E-state index contributed by atoms with van der Waals surface area (Å²) >= 11 is 0. The van der Waals surface area contributed by atoms with Crippen molar-refractivity contribution >= 4 is 23.0 Å². The summed E-state index contributed by atoms with van der Waals surface area (Å²) in [7, 11) is 0. The van der Waals surface area contributed by atoms with Crippen LogP contribution in [0.1, 0.15) is 0 Å². The number of nitro benzene ring substituents is 2. The summed E-state index contributed by atoms with van der Waals surface area (Å²) in [6.45, 7) is 1.10. The van der Waals surface area contributed by atoms with Crippen molar-refractivity contribution in [2.24, 2.45) is 0 Å². The summed E-state index contributed by atoms with van der Waals surface area (Å²) < 4.78 is 18.2. The zero-order valence-electron chi connectivity index (χ0n) is 15.2. The molecule has 152 valence electrons. The molecule has 1 fully saturated rings. The number of nitrogens with zero attached hydrogens (tertiary/aromatic N) is 4. The molecule has 11 heteroatoms. The minimum absolute atomic E-state index is 0.205. The number of anilines is 1. The summed E-state index contributed by atoms with van der Waals surface area (Å²) in [5, 5.41) is 22.2. The Morgan fingerprint density at radius 3 is 2.24 bits per heavy atom. The fraction of sp³-hybridized carbons (Fsp3) is 0.278. The van der Waals surface area contributed by atoms with Crippen LogP contribution in [0.4, 0.5) is 21.5 Å². The minimum Gasteiger partial charge on any atom is -0.484 e. The number of ether oxygens (including phenoxy) is 1. The molecule has 0 bridgehead atoms. The van der Waals surface area contributed by atoms with Gasteiger partial charge >= 0.3 is 0 Å². The van der Waals surface area contributed by atoms with Crippen LogP contribution in [0.25, 0.3) is 0 Å². The van der Waals surface area contributed by atoms with Gasteiger partial charge in [0.05, 0.1) is 15.9 Å². The van der Waals surface area contributed by atoms with Crippen LogP contribution in [0.2, 0.25) is 0 Å². The van der Waals surface area contributed by atoms with Crippen molar-refractivity contribution in [3.63, 3.8) is 0 Å². The molecule has 29 heavy (non-hydrogen) atoms. The fourth-order valence-electron chi connectivity index (χ4n) is 3.00. The van der Waals surface area contributed by atoms with Gasteiger partial charge in [0.15, 0.2) is 6.61 Å². The summed E-state index contributed by atoms with van der Waals surface area (Å²) in [5.74, 6) is -0.285. The molecule has 0 radical (unpaired) electrons. The van der Waals surface area contributed by atoms with Gasteiger partial charge in [0.1, 0.15) is 17.3 Å². The normalized spacial score (nSPS) is 13.8. The van der Waals surface area contributed by atoms with Crippen LogP contribution < -0.4 is 9.64 Å². The molecule has 1 amide bonds. The maximum Gasteiger partial charge on any atom is 0.299 e. The van der Waals surface area contributed by atoms with Gasteiger partial charge in [0.2, 0.25) is 0 Å². The highest BCUT2D eigenvalue weighted by Crippen LogP contribution is 2.32. The molecule has 0 aromatic heterocycles. The molecule has 2 aromatic carbocycles. The second-order valence-corrected chi connectivity index (χ2v) is 6.30. The molecule has 0 aliphatic carbocycles. The predicted octanol–water partition coefficient (Wildman–Crippen LogP) is 2.37. The number of benzene rings is 2. The van der Waals surface area contributed by atoms with Gasteiger partial charge in [-0.25, -0.2) is 4.39 Å². The molecule has 1 aliphatic heterocycles. The second-order valence-electron chi connectivity index (χ2n) is 6.30. The third-order valence-electron chi connectivity index (χ3n) is 4.52. The fourth-order valence-corrected chi connectivity index (χ4v) is 3.00. The van der Waals surface area contributed by atoms with Gasteiger partial charge in [-0.1, -0.05) is 0 Å². The number of piperazine rings is 1.